The molecule has 3 rings (SSSR count). The van der Waals surface area contributed by atoms with Gasteiger partial charge in [0.25, 0.3) is 0 Å². The Labute approximate surface area is 158 Å². The Hall–Kier alpha value is -3.15. The van der Waals surface area contributed by atoms with Crippen molar-refractivity contribution in [1.82, 2.24) is 5.32 Å². The molecule has 0 bridgehead atoms. The number of nitrogens with one attached hydrogen (secondary N) is 2. The van der Waals surface area contributed by atoms with E-state index in [-0.39, 0.29) is 30.1 Å². The Morgan fingerprint density at radius 2 is 1.89 bits per heavy atom. The summed E-state index contributed by atoms with van der Waals surface area (Å²) in [6.07, 6.45) is 0.956. The average Bonchev–Trinajstić information content (AvgIpc) is 3.04. The summed E-state index contributed by atoms with van der Waals surface area (Å²) >= 11 is 0. The normalized spacial score (nSPS) is 16.3. The third-order valence-electron chi connectivity index (χ3n) is 4.53. The third-order valence-corrected chi connectivity index (χ3v) is 4.53. The summed E-state index contributed by atoms with van der Waals surface area (Å²) < 4.78 is 0. The van der Waals surface area contributed by atoms with Gasteiger partial charge in [-0.2, -0.15) is 0 Å². The second-order valence-electron chi connectivity index (χ2n) is 6.66. The van der Waals surface area contributed by atoms with Gasteiger partial charge in [-0.15, -0.1) is 0 Å². The summed E-state index contributed by atoms with van der Waals surface area (Å²) in [6, 6.07) is 17.0. The predicted molar refractivity (Wildman–Crippen MR) is 104 cm³/mol. The van der Waals surface area contributed by atoms with Crippen LogP contribution in [0.25, 0.3) is 0 Å². The Morgan fingerprint density at radius 3 is 2.63 bits per heavy atom. The zero-order chi connectivity index (χ0) is 19.2. The first-order valence-corrected chi connectivity index (χ1v) is 9.02. The quantitative estimate of drug-likeness (QED) is 0.825. The van der Waals surface area contributed by atoms with E-state index in [1.165, 1.54) is 6.92 Å². The van der Waals surface area contributed by atoms with Gasteiger partial charge in [-0.25, -0.2) is 0 Å². The molecule has 2 aromatic rings. The van der Waals surface area contributed by atoms with Gasteiger partial charge >= 0.3 is 0 Å². The zero-order valence-corrected chi connectivity index (χ0v) is 15.3. The summed E-state index contributed by atoms with van der Waals surface area (Å²) in [5.41, 5.74) is 2.48. The molecule has 1 aliphatic rings. The van der Waals surface area contributed by atoms with Gasteiger partial charge in [0.15, 0.2) is 0 Å². The average molecular weight is 365 g/mol. The van der Waals surface area contributed by atoms with Crippen LogP contribution in [0.3, 0.4) is 0 Å². The molecule has 0 aromatic heterocycles. The van der Waals surface area contributed by atoms with E-state index >= 15 is 0 Å². The van der Waals surface area contributed by atoms with E-state index in [0.29, 0.717) is 24.5 Å². The van der Waals surface area contributed by atoms with Gasteiger partial charge < -0.3 is 15.5 Å². The molecule has 6 heteroatoms. The number of benzene rings is 2. The molecule has 2 N–H and O–H groups in total. The van der Waals surface area contributed by atoms with Crippen LogP contribution in [0.15, 0.2) is 54.6 Å². The van der Waals surface area contributed by atoms with Crippen molar-refractivity contribution in [3.8, 4) is 0 Å². The molecular formula is C21H23N3O3. The first-order valence-electron chi connectivity index (χ1n) is 9.02. The molecule has 1 heterocycles. The van der Waals surface area contributed by atoms with Crippen LogP contribution in [-0.2, 0) is 20.8 Å². The first kappa shape index (κ1) is 18.6. The van der Waals surface area contributed by atoms with E-state index in [9.17, 15) is 14.4 Å². The molecule has 2 aromatic carbocycles. The lowest BCUT2D eigenvalue weighted by molar-refractivity contribution is -0.126. The lowest BCUT2D eigenvalue weighted by Gasteiger charge is -2.18. The smallest absolute Gasteiger partial charge is 0.227 e. The van der Waals surface area contributed by atoms with Crippen molar-refractivity contribution in [1.29, 1.82) is 0 Å². The molecule has 0 aliphatic carbocycles. The van der Waals surface area contributed by atoms with Gasteiger partial charge in [0, 0.05) is 37.8 Å². The minimum atomic E-state index is -0.363. The maximum Gasteiger partial charge on any atom is 0.227 e. The van der Waals surface area contributed by atoms with Crippen molar-refractivity contribution < 1.29 is 14.4 Å². The minimum Gasteiger partial charge on any atom is -0.355 e. The molecule has 1 atom stereocenters. The fourth-order valence-corrected chi connectivity index (χ4v) is 3.21. The maximum absolute atomic E-state index is 12.4. The summed E-state index contributed by atoms with van der Waals surface area (Å²) in [6.45, 7) is 2.33. The number of hydrogen-bond donors (Lipinski definition) is 2. The molecule has 1 saturated heterocycles. The van der Waals surface area contributed by atoms with Crippen LogP contribution in [0.5, 0.6) is 0 Å². The molecular weight excluding hydrogens is 342 g/mol. The fraction of sp³-hybridized carbons (Fsp3) is 0.286. The van der Waals surface area contributed by atoms with E-state index in [1.54, 1.807) is 29.2 Å². The number of hydrogen-bond acceptors (Lipinski definition) is 3. The molecule has 140 valence electrons. The van der Waals surface area contributed by atoms with Crippen LogP contribution in [0.2, 0.25) is 0 Å². The van der Waals surface area contributed by atoms with Crippen molar-refractivity contribution in [3.05, 3.63) is 60.2 Å². The topological polar surface area (TPSA) is 78.5 Å². The first-order chi connectivity index (χ1) is 13.0. The molecule has 27 heavy (non-hydrogen) atoms. The van der Waals surface area contributed by atoms with Crippen LogP contribution in [0.1, 0.15) is 18.9 Å². The van der Waals surface area contributed by atoms with E-state index in [4.69, 9.17) is 0 Å². The summed E-state index contributed by atoms with van der Waals surface area (Å²) in [4.78, 5) is 37.6. The van der Waals surface area contributed by atoms with Gasteiger partial charge in [0.05, 0.1) is 5.92 Å². The van der Waals surface area contributed by atoms with Gasteiger partial charge in [0.1, 0.15) is 0 Å². The second-order valence-corrected chi connectivity index (χ2v) is 6.66. The Kier molecular flexibility index (Phi) is 5.86. The number of carbonyl (C=O) groups is 3. The predicted octanol–water partition coefficient (Wildman–Crippen LogP) is 2.36. The molecule has 6 nitrogen and oxygen atoms in total. The van der Waals surface area contributed by atoms with Gasteiger partial charge in [-0.3, -0.25) is 14.4 Å². The van der Waals surface area contributed by atoms with E-state index in [1.807, 2.05) is 30.3 Å². The number of anilines is 2. The van der Waals surface area contributed by atoms with Gasteiger partial charge in [-0.05, 0) is 30.2 Å². The molecule has 0 saturated carbocycles. The lowest BCUT2D eigenvalue weighted by Crippen LogP contribution is -2.34. The van der Waals surface area contributed by atoms with Crippen molar-refractivity contribution in [3.63, 3.8) is 0 Å². The van der Waals surface area contributed by atoms with E-state index < -0.39 is 0 Å². The SMILES string of the molecule is CC(=O)Nc1cccc(N2CC(C(=O)NCCc3ccccc3)CC2=O)c1. The van der Waals surface area contributed by atoms with Gasteiger partial charge in [-0.1, -0.05) is 36.4 Å². The molecule has 1 aliphatic heterocycles. The van der Waals surface area contributed by atoms with Crippen molar-refractivity contribution >= 4 is 29.1 Å². The fourth-order valence-electron chi connectivity index (χ4n) is 3.21. The summed E-state index contributed by atoms with van der Waals surface area (Å²) in [7, 11) is 0. The highest BCUT2D eigenvalue weighted by Gasteiger charge is 2.35. The van der Waals surface area contributed by atoms with Crippen LogP contribution < -0.4 is 15.5 Å². The highest BCUT2D eigenvalue weighted by atomic mass is 16.2. The summed E-state index contributed by atoms with van der Waals surface area (Å²) in [5, 5.41) is 5.63. The standard InChI is InChI=1S/C21H23N3O3/c1-15(25)23-18-8-5-9-19(13-18)24-14-17(12-20(24)26)21(27)22-11-10-16-6-3-2-4-7-16/h2-9,13,17H,10-12,14H2,1H3,(H,22,27)(H,23,25). The lowest BCUT2D eigenvalue weighted by atomic mass is 10.1. The molecule has 0 spiro atoms. The maximum atomic E-state index is 12.4. The number of nitrogens with zero attached hydrogens (tertiary/aromatic N) is 1. The largest absolute Gasteiger partial charge is 0.355 e. The molecule has 1 fully saturated rings. The number of rotatable bonds is 6. The zero-order valence-electron chi connectivity index (χ0n) is 15.3. The van der Waals surface area contributed by atoms with Crippen LogP contribution in [0, 0.1) is 5.92 Å². The van der Waals surface area contributed by atoms with E-state index in [2.05, 4.69) is 10.6 Å². The van der Waals surface area contributed by atoms with Gasteiger partial charge in [0.2, 0.25) is 17.7 Å². The van der Waals surface area contributed by atoms with Crippen LogP contribution in [0.4, 0.5) is 11.4 Å². The second kappa shape index (κ2) is 8.49. The van der Waals surface area contributed by atoms with Crippen molar-refractivity contribution in [2.75, 3.05) is 23.3 Å². The van der Waals surface area contributed by atoms with Crippen LogP contribution >= 0.6 is 0 Å². The third kappa shape index (κ3) is 4.94. The Bertz CT molecular complexity index is 836. The molecule has 0 radical (unpaired) electrons. The molecule has 3 amide bonds. The Morgan fingerprint density at radius 1 is 1.11 bits per heavy atom. The van der Waals surface area contributed by atoms with Crippen molar-refractivity contribution in [2.45, 2.75) is 19.8 Å². The number of carbonyl (C=O) groups excluding carboxylic acids is 3. The molecule has 1 unspecified atom stereocenters. The van der Waals surface area contributed by atoms with Crippen molar-refractivity contribution in [2.24, 2.45) is 5.92 Å². The van der Waals surface area contributed by atoms with E-state index in [0.717, 1.165) is 12.0 Å². The minimum absolute atomic E-state index is 0.0850. The highest BCUT2D eigenvalue weighted by molar-refractivity contribution is 6.01. The number of amides is 3. The monoisotopic (exact) mass is 365 g/mol. The highest BCUT2D eigenvalue weighted by Crippen LogP contribution is 2.27. The van der Waals surface area contributed by atoms with Crippen LogP contribution in [-0.4, -0.2) is 30.8 Å². The summed E-state index contributed by atoms with van der Waals surface area (Å²) in [5.74, 6) is -0.716. The Balaban J connectivity index is 1.56.